The molecule has 0 unspecified atom stereocenters. The lowest BCUT2D eigenvalue weighted by molar-refractivity contribution is -0.113. The number of carbonyl (C=O) groups is 1. The standard InChI is InChI=1S/C24H29N5OS/c1-17-14-18(2)22(19(3)15-17)25-21(30)16-31-24-27-26-23(28-12-8-5-9-13-28)29(24)20-10-6-4-7-11-20/h4,6-7,10-11,14-15H,5,8-9,12-13,16H2,1-3H3,(H,25,30). The average molecular weight is 436 g/mol. The molecule has 1 aliphatic rings. The number of nitrogens with one attached hydrogen (secondary N) is 1. The summed E-state index contributed by atoms with van der Waals surface area (Å²) in [6.45, 7) is 8.10. The zero-order valence-corrected chi connectivity index (χ0v) is 19.2. The Labute approximate surface area is 188 Å². The number of para-hydroxylation sites is 1. The van der Waals surface area contributed by atoms with Gasteiger partial charge < -0.3 is 10.2 Å². The molecule has 2 aromatic carbocycles. The van der Waals surface area contributed by atoms with Crippen LogP contribution in [0.3, 0.4) is 0 Å². The third-order valence-electron chi connectivity index (χ3n) is 5.54. The van der Waals surface area contributed by atoms with Gasteiger partial charge >= 0.3 is 0 Å². The normalized spacial score (nSPS) is 14.0. The van der Waals surface area contributed by atoms with Crippen LogP contribution in [0, 0.1) is 20.8 Å². The first-order valence-corrected chi connectivity index (χ1v) is 11.8. The zero-order valence-electron chi connectivity index (χ0n) is 18.4. The summed E-state index contributed by atoms with van der Waals surface area (Å²) in [7, 11) is 0. The molecule has 1 N–H and O–H groups in total. The van der Waals surface area contributed by atoms with Crippen LogP contribution < -0.4 is 10.2 Å². The lowest BCUT2D eigenvalue weighted by Gasteiger charge is -2.27. The van der Waals surface area contributed by atoms with Gasteiger partial charge in [-0.05, 0) is 63.3 Å². The summed E-state index contributed by atoms with van der Waals surface area (Å²) in [5, 5.41) is 12.8. The molecule has 0 saturated carbocycles. The molecule has 1 aromatic heterocycles. The molecule has 7 heteroatoms. The summed E-state index contributed by atoms with van der Waals surface area (Å²) in [5.74, 6) is 1.10. The maximum atomic E-state index is 12.7. The molecule has 2 heterocycles. The summed E-state index contributed by atoms with van der Waals surface area (Å²) in [4.78, 5) is 15.0. The molecule has 3 aromatic rings. The molecule has 1 amide bonds. The molecule has 1 saturated heterocycles. The fraction of sp³-hybridized carbons (Fsp3) is 0.375. The van der Waals surface area contributed by atoms with Crippen molar-refractivity contribution in [1.82, 2.24) is 14.8 Å². The zero-order chi connectivity index (χ0) is 21.8. The minimum atomic E-state index is -0.0396. The lowest BCUT2D eigenvalue weighted by atomic mass is 10.1. The third kappa shape index (κ3) is 4.93. The highest BCUT2D eigenvalue weighted by molar-refractivity contribution is 7.99. The average Bonchev–Trinajstić information content (AvgIpc) is 3.20. The first-order valence-electron chi connectivity index (χ1n) is 10.8. The quantitative estimate of drug-likeness (QED) is 0.557. The van der Waals surface area contributed by atoms with E-state index in [1.165, 1.54) is 36.6 Å². The van der Waals surface area contributed by atoms with E-state index in [9.17, 15) is 4.79 Å². The van der Waals surface area contributed by atoms with Crippen LogP contribution in [0.15, 0.2) is 47.6 Å². The number of hydrogen-bond donors (Lipinski definition) is 1. The van der Waals surface area contributed by atoms with E-state index in [1.807, 2.05) is 32.0 Å². The van der Waals surface area contributed by atoms with E-state index in [1.54, 1.807) is 0 Å². The minimum Gasteiger partial charge on any atom is -0.341 e. The van der Waals surface area contributed by atoms with Gasteiger partial charge in [-0.25, -0.2) is 0 Å². The van der Waals surface area contributed by atoms with E-state index in [0.717, 1.165) is 46.7 Å². The van der Waals surface area contributed by atoms with Crippen LogP contribution in [0.5, 0.6) is 0 Å². The van der Waals surface area contributed by atoms with Crippen molar-refractivity contribution >= 4 is 29.3 Å². The van der Waals surface area contributed by atoms with Crippen molar-refractivity contribution in [3.05, 3.63) is 59.2 Å². The molecule has 0 aliphatic carbocycles. The number of amides is 1. The van der Waals surface area contributed by atoms with Crippen molar-refractivity contribution in [2.75, 3.05) is 29.1 Å². The molecule has 0 atom stereocenters. The van der Waals surface area contributed by atoms with Crippen molar-refractivity contribution in [2.24, 2.45) is 0 Å². The Bertz CT molecular complexity index is 1030. The number of nitrogens with zero attached hydrogens (tertiary/aromatic N) is 4. The third-order valence-corrected chi connectivity index (χ3v) is 6.47. The molecule has 162 valence electrons. The van der Waals surface area contributed by atoms with Crippen LogP contribution in [-0.4, -0.2) is 39.5 Å². The second-order valence-corrected chi connectivity index (χ2v) is 9.05. The number of rotatable bonds is 6. The number of benzene rings is 2. The van der Waals surface area contributed by atoms with E-state index < -0.39 is 0 Å². The number of carbonyl (C=O) groups excluding carboxylic acids is 1. The van der Waals surface area contributed by atoms with Gasteiger partial charge in [0.25, 0.3) is 0 Å². The summed E-state index contributed by atoms with van der Waals surface area (Å²) < 4.78 is 2.08. The first kappa shape index (κ1) is 21.4. The van der Waals surface area contributed by atoms with Gasteiger partial charge in [0, 0.05) is 18.8 Å². The van der Waals surface area contributed by atoms with Crippen molar-refractivity contribution in [2.45, 2.75) is 45.2 Å². The molecule has 4 rings (SSSR count). The van der Waals surface area contributed by atoms with Crippen molar-refractivity contribution in [3.8, 4) is 5.69 Å². The predicted molar refractivity (Wildman–Crippen MR) is 127 cm³/mol. The second kappa shape index (κ2) is 9.56. The summed E-state index contributed by atoms with van der Waals surface area (Å²) in [6, 6.07) is 14.3. The number of hydrogen-bond acceptors (Lipinski definition) is 5. The Morgan fingerprint density at radius 2 is 1.68 bits per heavy atom. The number of piperidine rings is 1. The van der Waals surface area contributed by atoms with Crippen LogP contribution in [0.25, 0.3) is 5.69 Å². The van der Waals surface area contributed by atoms with Crippen LogP contribution in [-0.2, 0) is 4.79 Å². The minimum absolute atomic E-state index is 0.0396. The topological polar surface area (TPSA) is 63.1 Å². The first-order chi connectivity index (χ1) is 15.0. The Morgan fingerprint density at radius 1 is 1.00 bits per heavy atom. The Hall–Kier alpha value is -2.80. The second-order valence-electron chi connectivity index (χ2n) is 8.11. The SMILES string of the molecule is Cc1cc(C)c(NC(=O)CSc2nnc(N3CCCCC3)n2-c2ccccc2)c(C)c1. The van der Waals surface area contributed by atoms with E-state index >= 15 is 0 Å². The van der Waals surface area contributed by atoms with Gasteiger partial charge in [-0.3, -0.25) is 9.36 Å². The van der Waals surface area contributed by atoms with Gasteiger partial charge in [0.05, 0.1) is 11.4 Å². The predicted octanol–water partition coefficient (Wildman–Crippen LogP) is 4.91. The summed E-state index contributed by atoms with van der Waals surface area (Å²) in [6.07, 6.45) is 3.60. The molecule has 0 spiro atoms. The number of aryl methyl sites for hydroxylation is 3. The molecule has 0 radical (unpaired) electrons. The van der Waals surface area contributed by atoms with Crippen molar-refractivity contribution in [3.63, 3.8) is 0 Å². The van der Waals surface area contributed by atoms with Crippen molar-refractivity contribution in [1.29, 1.82) is 0 Å². The number of thioether (sulfide) groups is 1. The number of anilines is 2. The highest BCUT2D eigenvalue weighted by Gasteiger charge is 2.22. The Balaban J connectivity index is 1.53. The molecular weight excluding hydrogens is 406 g/mol. The highest BCUT2D eigenvalue weighted by Crippen LogP contribution is 2.29. The summed E-state index contributed by atoms with van der Waals surface area (Å²) in [5.41, 5.74) is 5.27. The molecule has 6 nitrogen and oxygen atoms in total. The maximum Gasteiger partial charge on any atom is 0.234 e. The van der Waals surface area contributed by atoms with Gasteiger partial charge in [0.15, 0.2) is 5.16 Å². The fourth-order valence-corrected chi connectivity index (χ4v) is 4.89. The molecule has 0 bridgehead atoms. The highest BCUT2D eigenvalue weighted by atomic mass is 32.2. The largest absolute Gasteiger partial charge is 0.341 e. The van der Waals surface area contributed by atoms with E-state index in [4.69, 9.17) is 0 Å². The Morgan fingerprint density at radius 3 is 2.35 bits per heavy atom. The van der Waals surface area contributed by atoms with Crippen LogP contribution in [0.4, 0.5) is 11.6 Å². The molecule has 1 fully saturated rings. The van der Waals surface area contributed by atoms with Crippen LogP contribution >= 0.6 is 11.8 Å². The fourth-order valence-electron chi connectivity index (χ4n) is 4.14. The Kier molecular flexibility index (Phi) is 6.61. The van der Waals surface area contributed by atoms with Gasteiger partial charge in [0.1, 0.15) is 0 Å². The van der Waals surface area contributed by atoms with Gasteiger partial charge in [-0.1, -0.05) is 47.7 Å². The summed E-state index contributed by atoms with van der Waals surface area (Å²) >= 11 is 1.42. The van der Waals surface area contributed by atoms with E-state index in [-0.39, 0.29) is 11.7 Å². The smallest absolute Gasteiger partial charge is 0.234 e. The van der Waals surface area contributed by atoms with Gasteiger partial charge in [0.2, 0.25) is 11.9 Å². The van der Waals surface area contributed by atoms with E-state index in [2.05, 4.69) is 56.2 Å². The van der Waals surface area contributed by atoms with Crippen molar-refractivity contribution < 1.29 is 4.79 Å². The molecular formula is C24H29N5OS. The lowest BCUT2D eigenvalue weighted by Crippen LogP contribution is -2.31. The van der Waals surface area contributed by atoms with Gasteiger partial charge in [-0.15, -0.1) is 10.2 Å². The van der Waals surface area contributed by atoms with Gasteiger partial charge in [-0.2, -0.15) is 0 Å². The molecule has 1 aliphatic heterocycles. The number of aromatic nitrogens is 3. The molecule has 31 heavy (non-hydrogen) atoms. The monoisotopic (exact) mass is 435 g/mol. The van der Waals surface area contributed by atoms with Crippen LogP contribution in [0.2, 0.25) is 0 Å². The van der Waals surface area contributed by atoms with Crippen LogP contribution in [0.1, 0.15) is 36.0 Å². The maximum absolute atomic E-state index is 12.7. The van der Waals surface area contributed by atoms with E-state index in [0.29, 0.717) is 0 Å².